The van der Waals surface area contributed by atoms with Crippen molar-refractivity contribution in [3.63, 3.8) is 0 Å². The second-order valence-electron chi connectivity index (χ2n) is 6.23. The Morgan fingerprint density at radius 1 is 1.14 bits per heavy atom. The summed E-state index contributed by atoms with van der Waals surface area (Å²) < 4.78 is 16.4. The Balaban J connectivity index is 1.60. The van der Waals surface area contributed by atoms with Crippen molar-refractivity contribution in [2.24, 2.45) is 0 Å². The van der Waals surface area contributed by atoms with E-state index in [-0.39, 0.29) is 18.1 Å². The lowest BCUT2D eigenvalue weighted by molar-refractivity contribution is -0.385. The number of carbonyl (C=O) groups excluding carboxylic acids is 1. The number of allylic oxidation sites excluding steroid dienone is 1. The van der Waals surface area contributed by atoms with Gasteiger partial charge in [0.2, 0.25) is 0 Å². The first-order valence-corrected chi connectivity index (χ1v) is 8.79. The molecule has 0 aliphatic rings. The molecule has 3 aromatic rings. The fraction of sp³-hybridized carbons (Fsp3) is 0.136. The molecule has 0 saturated heterocycles. The molecule has 0 unspecified atom stereocenters. The maximum Gasteiger partial charge on any atom is 0.272 e. The molecule has 0 amide bonds. The molecule has 0 spiro atoms. The van der Waals surface area contributed by atoms with E-state index in [2.05, 4.69) is 0 Å². The lowest BCUT2D eigenvalue weighted by Gasteiger charge is -2.05. The van der Waals surface area contributed by atoms with Gasteiger partial charge in [-0.05, 0) is 55.5 Å². The average Bonchev–Trinajstić information content (AvgIpc) is 3.18. The summed E-state index contributed by atoms with van der Waals surface area (Å²) in [7, 11) is 1.55. The number of hydrogen-bond donors (Lipinski definition) is 0. The molecule has 7 heteroatoms. The number of nitrogens with zero attached hydrogens (tertiary/aromatic N) is 1. The van der Waals surface area contributed by atoms with E-state index in [0.717, 1.165) is 0 Å². The van der Waals surface area contributed by atoms with Gasteiger partial charge >= 0.3 is 0 Å². The molecule has 0 aliphatic heterocycles. The lowest BCUT2D eigenvalue weighted by atomic mass is 10.1. The molecule has 29 heavy (non-hydrogen) atoms. The van der Waals surface area contributed by atoms with E-state index in [4.69, 9.17) is 13.9 Å². The Bertz CT molecular complexity index is 1070. The molecule has 0 saturated carbocycles. The normalized spacial score (nSPS) is 10.8. The first kappa shape index (κ1) is 19.9. The molecular weight excluding hydrogens is 374 g/mol. The Kier molecular flexibility index (Phi) is 6.09. The molecule has 0 bridgehead atoms. The summed E-state index contributed by atoms with van der Waals surface area (Å²) in [5.41, 5.74) is 1.08. The average molecular weight is 393 g/mol. The summed E-state index contributed by atoms with van der Waals surface area (Å²) in [6.45, 7) is 1.81. The molecule has 3 rings (SSSR count). The van der Waals surface area contributed by atoms with Crippen LogP contribution < -0.4 is 9.47 Å². The second kappa shape index (κ2) is 8.88. The third-order valence-corrected chi connectivity index (χ3v) is 4.18. The molecule has 148 valence electrons. The van der Waals surface area contributed by atoms with Gasteiger partial charge in [-0.1, -0.05) is 12.1 Å². The van der Waals surface area contributed by atoms with Crippen LogP contribution in [0.4, 0.5) is 5.69 Å². The number of benzene rings is 2. The zero-order valence-electron chi connectivity index (χ0n) is 16.0. The molecule has 0 N–H and O–H groups in total. The van der Waals surface area contributed by atoms with Crippen molar-refractivity contribution in [2.75, 3.05) is 7.11 Å². The third kappa shape index (κ3) is 5.10. The molecule has 0 radical (unpaired) electrons. The Morgan fingerprint density at radius 2 is 1.97 bits per heavy atom. The van der Waals surface area contributed by atoms with Gasteiger partial charge in [-0.2, -0.15) is 0 Å². The highest BCUT2D eigenvalue weighted by atomic mass is 16.6. The topological polar surface area (TPSA) is 91.8 Å². The van der Waals surface area contributed by atoms with Crippen LogP contribution in [-0.2, 0) is 6.61 Å². The minimum Gasteiger partial charge on any atom is -0.497 e. The smallest absolute Gasteiger partial charge is 0.272 e. The van der Waals surface area contributed by atoms with E-state index in [9.17, 15) is 14.9 Å². The van der Waals surface area contributed by atoms with E-state index in [0.29, 0.717) is 34.1 Å². The van der Waals surface area contributed by atoms with Crippen molar-refractivity contribution in [3.05, 3.63) is 93.4 Å². The third-order valence-electron chi connectivity index (χ3n) is 4.18. The first-order valence-electron chi connectivity index (χ1n) is 8.79. The van der Waals surface area contributed by atoms with Crippen LogP contribution in [0.5, 0.6) is 11.5 Å². The van der Waals surface area contributed by atoms with Crippen molar-refractivity contribution in [1.29, 1.82) is 0 Å². The van der Waals surface area contributed by atoms with Crippen LogP contribution in [0.2, 0.25) is 0 Å². The highest BCUT2D eigenvalue weighted by Crippen LogP contribution is 2.24. The standard InChI is InChI=1S/C22H19NO6/c1-15-12-19(8-10-21(15)23(25)26)28-14-20-7-6-17(29-20)9-11-22(24)16-4-3-5-18(13-16)27-2/h3-13H,14H2,1-2H3/b11-9+. The number of ketones is 1. The van der Waals surface area contributed by atoms with Crippen LogP contribution in [0.1, 0.15) is 27.4 Å². The fourth-order valence-corrected chi connectivity index (χ4v) is 2.67. The van der Waals surface area contributed by atoms with E-state index in [1.807, 2.05) is 0 Å². The molecule has 1 aromatic heterocycles. The molecule has 0 aliphatic carbocycles. The van der Waals surface area contributed by atoms with Crippen LogP contribution in [-0.4, -0.2) is 17.8 Å². The quantitative estimate of drug-likeness (QED) is 0.232. The van der Waals surface area contributed by atoms with Crippen LogP contribution in [0, 0.1) is 17.0 Å². The monoisotopic (exact) mass is 393 g/mol. The SMILES string of the molecule is COc1cccc(C(=O)/C=C/c2ccc(COc3ccc([N+](=O)[O-])c(C)c3)o2)c1. The Hall–Kier alpha value is -3.87. The summed E-state index contributed by atoms with van der Waals surface area (Å²) >= 11 is 0. The number of furan rings is 1. The minimum atomic E-state index is -0.433. The largest absolute Gasteiger partial charge is 0.497 e. The highest BCUT2D eigenvalue weighted by Gasteiger charge is 2.11. The van der Waals surface area contributed by atoms with Crippen molar-refractivity contribution in [1.82, 2.24) is 0 Å². The first-order chi connectivity index (χ1) is 14.0. The summed E-state index contributed by atoms with van der Waals surface area (Å²) in [5.74, 6) is 2.03. The van der Waals surface area contributed by atoms with Gasteiger partial charge in [0, 0.05) is 17.2 Å². The number of rotatable bonds is 8. The van der Waals surface area contributed by atoms with Gasteiger partial charge in [0.1, 0.15) is 29.6 Å². The summed E-state index contributed by atoms with van der Waals surface area (Å²) in [5, 5.41) is 10.9. The number of carbonyl (C=O) groups is 1. The highest BCUT2D eigenvalue weighted by molar-refractivity contribution is 6.06. The Morgan fingerprint density at radius 3 is 2.69 bits per heavy atom. The van der Waals surface area contributed by atoms with Gasteiger partial charge in [0.05, 0.1) is 12.0 Å². The zero-order valence-corrected chi connectivity index (χ0v) is 16.0. The lowest BCUT2D eigenvalue weighted by Crippen LogP contribution is -1.96. The number of methoxy groups -OCH3 is 1. The van der Waals surface area contributed by atoms with E-state index in [1.54, 1.807) is 68.6 Å². The summed E-state index contributed by atoms with van der Waals surface area (Å²) in [4.78, 5) is 22.7. The maximum atomic E-state index is 12.3. The molecular formula is C22H19NO6. The van der Waals surface area contributed by atoms with Crippen molar-refractivity contribution in [2.45, 2.75) is 13.5 Å². The van der Waals surface area contributed by atoms with Crippen LogP contribution in [0.25, 0.3) is 6.08 Å². The number of hydrogen-bond acceptors (Lipinski definition) is 6. The molecule has 0 atom stereocenters. The van der Waals surface area contributed by atoms with Gasteiger partial charge < -0.3 is 13.9 Å². The zero-order chi connectivity index (χ0) is 20.8. The van der Waals surface area contributed by atoms with Gasteiger partial charge in [-0.15, -0.1) is 0 Å². The number of aryl methyl sites for hydroxylation is 1. The number of nitro groups is 1. The van der Waals surface area contributed by atoms with Crippen LogP contribution in [0.15, 0.2) is 65.1 Å². The van der Waals surface area contributed by atoms with Crippen LogP contribution in [0.3, 0.4) is 0 Å². The van der Waals surface area contributed by atoms with Gasteiger partial charge in [-0.25, -0.2) is 0 Å². The summed E-state index contributed by atoms with van der Waals surface area (Å²) in [6.07, 6.45) is 3.01. The molecule has 7 nitrogen and oxygen atoms in total. The molecule has 0 fully saturated rings. The van der Waals surface area contributed by atoms with E-state index >= 15 is 0 Å². The van der Waals surface area contributed by atoms with Gasteiger partial charge in [0.25, 0.3) is 5.69 Å². The van der Waals surface area contributed by atoms with Crippen molar-refractivity contribution in [3.8, 4) is 11.5 Å². The van der Waals surface area contributed by atoms with Crippen LogP contribution >= 0.6 is 0 Å². The van der Waals surface area contributed by atoms with Crippen molar-refractivity contribution >= 4 is 17.5 Å². The van der Waals surface area contributed by atoms with E-state index in [1.165, 1.54) is 12.1 Å². The maximum absolute atomic E-state index is 12.3. The van der Waals surface area contributed by atoms with Gasteiger partial charge in [0.15, 0.2) is 5.78 Å². The summed E-state index contributed by atoms with van der Waals surface area (Å²) in [6, 6.07) is 14.9. The predicted molar refractivity (Wildman–Crippen MR) is 107 cm³/mol. The fourth-order valence-electron chi connectivity index (χ4n) is 2.67. The van der Waals surface area contributed by atoms with Gasteiger partial charge in [-0.3, -0.25) is 14.9 Å². The Labute approximate surface area is 167 Å². The molecule has 2 aromatic carbocycles. The van der Waals surface area contributed by atoms with Crippen molar-refractivity contribution < 1.29 is 23.6 Å². The van der Waals surface area contributed by atoms with E-state index < -0.39 is 4.92 Å². The number of nitro benzene ring substituents is 1. The molecule has 1 heterocycles. The number of ether oxygens (including phenoxy) is 2. The predicted octanol–water partition coefficient (Wildman–Crippen LogP) is 4.98. The minimum absolute atomic E-state index is 0.0449. The second-order valence-corrected chi connectivity index (χ2v) is 6.23.